The van der Waals surface area contributed by atoms with Crippen LogP contribution in [0.3, 0.4) is 0 Å². The van der Waals surface area contributed by atoms with Gasteiger partial charge >= 0.3 is 6.11 Å². The molecule has 37 heavy (non-hydrogen) atoms. The van der Waals surface area contributed by atoms with Crippen molar-refractivity contribution in [3.8, 4) is 5.75 Å². The zero-order chi connectivity index (χ0) is 27.2. The normalized spacial score (nSPS) is 42.1. The van der Waals surface area contributed by atoms with Crippen LogP contribution in [0, 0.1) is 5.92 Å². The molecule has 0 spiro atoms. The number of fused-ring (bicyclic) bond motifs is 2. The van der Waals surface area contributed by atoms with E-state index in [1.54, 1.807) is 26.1 Å². The van der Waals surface area contributed by atoms with Gasteiger partial charge in [-0.05, 0) is 57.4 Å². The Kier molecular flexibility index (Phi) is 8.19. The molecule has 0 bridgehead atoms. The highest BCUT2D eigenvalue weighted by Gasteiger charge is 2.68. The van der Waals surface area contributed by atoms with Crippen molar-refractivity contribution in [2.24, 2.45) is 5.92 Å². The van der Waals surface area contributed by atoms with Gasteiger partial charge in [0.05, 0.1) is 24.4 Å². The van der Waals surface area contributed by atoms with E-state index in [4.69, 9.17) is 14.2 Å². The number of aliphatic hydroxyl groups excluding tert-OH is 2. The summed E-state index contributed by atoms with van der Waals surface area (Å²) in [7, 11) is 1.65. The summed E-state index contributed by atoms with van der Waals surface area (Å²) < 4.78 is 49.1. The van der Waals surface area contributed by atoms with E-state index in [1.807, 2.05) is 6.92 Å². The molecule has 5 N–H and O–H groups in total. The summed E-state index contributed by atoms with van der Waals surface area (Å²) in [6.07, 6.45) is -7.53. The number of aliphatic hydroxyl groups is 4. The number of ether oxygens (including phenoxy) is 4. The predicted octanol–water partition coefficient (Wildman–Crippen LogP) is 1.69. The summed E-state index contributed by atoms with van der Waals surface area (Å²) in [4.78, 5) is 0. The highest BCUT2D eigenvalue weighted by molar-refractivity contribution is 5.29. The van der Waals surface area contributed by atoms with E-state index in [2.05, 4.69) is 10.1 Å². The zero-order valence-electron chi connectivity index (χ0n) is 21.6. The van der Waals surface area contributed by atoms with Gasteiger partial charge in [0.25, 0.3) is 0 Å². The topological polar surface area (TPSA) is 130 Å². The van der Waals surface area contributed by atoms with Crippen LogP contribution in [0.15, 0.2) is 24.3 Å². The molecule has 4 rings (SSSR count). The van der Waals surface area contributed by atoms with Gasteiger partial charge < -0.3 is 44.7 Å². The van der Waals surface area contributed by atoms with Crippen molar-refractivity contribution in [1.82, 2.24) is 5.32 Å². The van der Waals surface area contributed by atoms with Crippen molar-refractivity contribution >= 4 is 0 Å². The molecule has 2 aliphatic heterocycles. The first-order valence-corrected chi connectivity index (χ1v) is 12.9. The minimum atomic E-state index is -3.30. The Morgan fingerprint density at radius 1 is 1.16 bits per heavy atom. The molecule has 3 fully saturated rings. The molecule has 1 aromatic rings. The van der Waals surface area contributed by atoms with E-state index in [9.17, 15) is 29.2 Å². The monoisotopic (exact) mass is 531 g/mol. The van der Waals surface area contributed by atoms with Crippen molar-refractivity contribution in [2.75, 3.05) is 7.05 Å². The molecule has 1 saturated carbocycles. The van der Waals surface area contributed by atoms with E-state index < -0.39 is 66.3 Å². The Hall–Kier alpha value is -1.44. The van der Waals surface area contributed by atoms with Crippen LogP contribution >= 0.6 is 0 Å². The Labute approximate surface area is 215 Å². The van der Waals surface area contributed by atoms with Crippen LogP contribution < -0.4 is 10.1 Å². The number of likely N-dealkylation sites (N-methyl/N-ethyl adjacent to an activating group) is 1. The molecule has 3 aliphatic rings. The molecule has 10 atom stereocenters. The smallest absolute Gasteiger partial charge is 0.394 e. The maximum atomic E-state index is 13.2. The third kappa shape index (κ3) is 5.51. The number of benzene rings is 1. The molecule has 0 amide bonds. The second-order valence-electron chi connectivity index (χ2n) is 10.7. The van der Waals surface area contributed by atoms with E-state index in [0.29, 0.717) is 26.2 Å². The van der Waals surface area contributed by atoms with E-state index >= 15 is 0 Å². The number of hydrogen-bond acceptors (Lipinski definition) is 9. The van der Waals surface area contributed by atoms with Crippen molar-refractivity contribution in [1.29, 1.82) is 0 Å². The second kappa shape index (κ2) is 10.6. The number of aryl methyl sites for hydroxylation is 1. The standard InChI is InChI=1S/C26H39F2NO8/c1-5-17-19(30)18(29-4)21-22(20(17)31)35-23-26(33,37-21)25(32,13-14(2)34-23)11-7-9-15-8-6-10-16(12-15)36-24(3,27)28/h6,8,10,12,14,17-23,29-33H,5,7,9,11,13H2,1-4H3/t14-,17-,18+,19+,20+,21-,22-,23+,25+,26-/m1/s1. The van der Waals surface area contributed by atoms with Crippen LogP contribution in [0.25, 0.3) is 0 Å². The average molecular weight is 532 g/mol. The van der Waals surface area contributed by atoms with Gasteiger partial charge in [0, 0.05) is 19.3 Å². The van der Waals surface area contributed by atoms with Crippen LogP contribution in [0.1, 0.15) is 52.0 Å². The molecular formula is C26H39F2NO8. The molecule has 2 heterocycles. The fourth-order valence-corrected chi connectivity index (χ4v) is 6.09. The van der Waals surface area contributed by atoms with Gasteiger partial charge in [-0.15, -0.1) is 0 Å². The highest BCUT2D eigenvalue weighted by atomic mass is 19.3. The van der Waals surface area contributed by atoms with Gasteiger partial charge in [-0.1, -0.05) is 19.1 Å². The lowest BCUT2D eigenvalue weighted by atomic mass is 9.73. The lowest BCUT2D eigenvalue weighted by Crippen LogP contribution is -2.78. The molecule has 0 unspecified atom stereocenters. The quantitative estimate of drug-likeness (QED) is 0.340. The summed E-state index contributed by atoms with van der Waals surface area (Å²) in [6.45, 7) is 4.27. The van der Waals surface area contributed by atoms with E-state index in [1.165, 1.54) is 12.1 Å². The molecule has 1 aliphatic carbocycles. The maximum absolute atomic E-state index is 13.2. The number of rotatable bonds is 8. The van der Waals surface area contributed by atoms with Gasteiger partial charge in [0.2, 0.25) is 12.1 Å². The fraction of sp³-hybridized carbons (Fsp3) is 0.769. The Bertz CT molecular complexity index is 934. The van der Waals surface area contributed by atoms with Gasteiger partial charge in [-0.25, -0.2) is 0 Å². The van der Waals surface area contributed by atoms with Crippen LogP contribution in [-0.4, -0.2) is 87.8 Å². The largest absolute Gasteiger partial charge is 0.433 e. The van der Waals surface area contributed by atoms with E-state index in [-0.39, 0.29) is 18.6 Å². The Morgan fingerprint density at radius 2 is 1.89 bits per heavy atom. The average Bonchev–Trinajstić information content (AvgIpc) is 2.79. The number of alkyl halides is 2. The molecule has 0 radical (unpaired) electrons. The fourth-order valence-electron chi connectivity index (χ4n) is 6.09. The highest BCUT2D eigenvalue weighted by Crippen LogP contribution is 2.49. The van der Waals surface area contributed by atoms with Gasteiger partial charge in [-0.3, -0.25) is 0 Å². The van der Waals surface area contributed by atoms with E-state index in [0.717, 1.165) is 5.56 Å². The molecule has 210 valence electrons. The van der Waals surface area contributed by atoms with Crippen LogP contribution in [-0.2, 0) is 20.6 Å². The SMILES string of the molecule is CC[C@@H]1[C@H](O)[C@H](NC)[C@H]2O[C@]3(O)[C@H](O[C@@H]2[C@H]1O)O[C@H](C)C[C@@]3(O)CCCc1cccc(OC(C)(F)F)c1. The molecule has 0 aromatic heterocycles. The number of nitrogens with one attached hydrogen (secondary N) is 1. The first-order chi connectivity index (χ1) is 17.3. The number of hydrogen-bond donors (Lipinski definition) is 5. The molecule has 2 saturated heterocycles. The van der Waals surface area contributed by atoms with Crippen LogP contribution in [0.2, 0.25) is 0 Å². The van der Waals surface area contributed by atoms with Gasteiger partial charge in [0.15, 0.2) is 0 Å². The Balaban J connectivity index is 1.52. The summed E-state index contributed by atoms with van der Waals surface area (Å²) in [5.41, 5.74) is -1.05. The molecule has 9 nitrogen and oxygen atoms in total. The third-order valence-corrected chi connectivity index (χ3v) is 7.88. The first-order valence-electron chi connectivity index (χ1n) is 12.9. The second-order valence-corrected chi connectivity index (χ2v) is 10.7. The minimum absolute atomic E-state index is 0.0371. The molecule has 1 aromatic carbocycles. The molecular weight excluding hydrogens is 492 g/mol. The maximum Gasteiger partial charge on any atom is 0.394 e. The molecule has 11 heteroatoms. The van der Waals surface area contributed by atoms with Crippen molar-refractivity contribution in [3.05, 3.63) is 29.8 Å². The van der Waals surface area contributed by atoms with Crippen molar-refractivity contribution in [2.45, 2.75) is 113 Å². The minimum Gasteiger partial charge on any atom is -0.433 e. The summed E-state index contributed by atoms with van der Waals surface area (Å²) in [5, 5.41) is 48.3. The summed E-state index contributed by atoms with van der Waals surface area (Å²) in [6, 6.07) is 5.69. The first kappa shape index (κ1) is 28.6. The lowest BCUT2D eigenvalue weighted by Gasteiger charge is -2.60. The zero-order valence-corrected chi connectivity index (χ0v) is 21.6. The van der Waals surface area contributed by atoms with Crippen LogP contribution in [0.5, 0.6) is 5.75 Å². The predicted molar refractivity (Wildman–Crippen MR) is 128 cm³/mol. The van der Waals surface area contributed by atoms with Crippen LogP contribution in [0.4, 0.5) is 8.78 Å². The lowest BCUT2D eigenvalue weighted by molar-refractivity contribution is -0.485. The van der Waals surface area contributed by atoms with Crippen molar-refractivity contribution < 1.29 is 48.2 Å². The third-order valence-electron chi connectivity index (χ3n) is 7.88. The number of halogens is 2. The summed E-state index contributed by atoms with van der Waals surface area (Å²) >= 11 is 0. The van der Waals surface area contributed by atoms with Crippen molar-refractivity contribution in [3.63, 3.8) is 0 Å². The summed E-state index contributed by atoms with van der Waals surface area (Å²) in [5.74, 6) is -2.69. The van der Waals surface area contributed by atoms with Gasteiger partial charge in [-0.2, -0.15) is 8.78 Å². The Morgan fingerprint density at radius 3 is 2.54 bits per heavy atom. The van der Waals surface area contributed by atoms with Gasteiger partial charge in [0.1, 0.15) is 23.6 Å².